The van der Waals surface area contributed by atoms with E-state index in [4.69, 9.17) is 4.74 Å². The Hall–Kier alpha value is -1.22. The highest BCUT2D eigenvalue weighted by Gasteiger charge is 2.54. The summed E-state index contributed by atoms with van der Waals surface area (Å²) in [5, 5.41) is 20.4. The molecule has 5 atom stereocenters. The zero-order valence-corrected chi connectivity index (χ0v) is 13.5. The summed E-state index contributed by atoms with van der Waals surface area (Å²) in [6.45, 7) is 2.30. The fourth-order valence-electron chi connectivity index (χ4n) is 5.81. The summed E-state index contributed by atoms with van der Waals surface area (Å²) in [4.78, 5) is 0. The van der Waals surface area contributed by atoms with Gasteiger partial charge in [0.25, 0.3) is 0 Å². The normalized spacial score (nSPS) is 39.8. The summed E-state index contributed by atoms with van der Waals surface area (Å²) in [6, 6.07) is 3.68. The molecule has 0 bridgehead atoms. The number of hydrogen-bond donors (Lipinski definition) is 2. The molecule has 0 unspecified atom stereocenters. The molecule has 0 amide bonds. The van der Waals surface area contributed by atoms with Gasteiger partial charge in [0.05, 0.1) is 13.2 Å². The minimum Gasteiger partial charge on any atom is -0.508 e. The lowest BCUT2D eigenvalue weighted by Gasteiger charge is -2.50. The van der Waals surface area contributed by atoms with Gasteiger partial charge in [0, 0.05) is 11.6 Å². The van der Waals surface area contributed by atoms with Crippen molar-refractivity contribution < 1.29 is 14.9 Å². The molecule has 120 valence electrons. The molecule has 0 aliphatic heterocycles. The summed E-state index contributed by atoms with van der Waals surface area (Å²) in [6.07, 6.45) is 6.42. The van der Waals surface area contributed by atoms with Crippen LogP contribution in [-0.4, -0.2) is 23.4 Å². The van der Waals surface area contributed by atoms with Crippen LogP contribution in [0.2, 0.25) is 0 Å². The van der Waals surface area contributed by atoms with E-state index in [2.05, 4.69) is 6.92 Å². The number of aromatic hydroxyl groups is 1. The van der Waals surface area contributed by atoms with Gasteiger partial charge in [-0.3, -0.25) is 0 Å². The third kappa shape index (κ3) is 1.84. The minimum atomic E-state index is -0.124. The van der Waals surface area contributed by atoms with Crippen molar-refractivity contribution in [1.29, 1.82) is 0 Å². The van der Waals surface area contributed by atoms with E-state index in [0.717, 1.165) is 37.9 Å². The number of rotatable bonds is 1. The number of aliphatic hydroxyl groups excluding tert-OH is 1. The van der Waals surface area contributed by atoms with Crippen LogP contribution < -0.4 is 4.74 Å². The van der Waals surface area contributed by atoms with Crippen LogP contribution in [-0.2, 0) is 6.42 Å². The number of benzene rings is 1. The van der Waals surface area contributed by atoms with Crippen LogP contribution in [0.4, 0.5) is 0 Å². The van der Waals surface area contributed by atoms with Crippen LogP contribution in [0.15, 0.2) is 12.1 Å². The lowest BCUT2D eigenvalue weighted by molar-refractivity contribution is -0.0229. The number of fused-ring (bicyclic) bond motifs is 5. The Labute approximate surface area is 132 Å². The first-order valence-electron chi connectivity index (χ1n) is 8.62. The Morgan fingerprint density at radius 3 is 2.77 bits per heavy atom. The molecule has 1 aromatic rings. The SMILES string of the molecule is COc1cc(O)cc2c1[C@H]1CC[C@]3(C)[C@@H](O)CC[C@H]3[C@H]1CC2. The van der Waals surface area contributed by atoms with E-state index in [1.165, 1.54) is 17.5 Å². The summed E-state index contributed by atoms with van der Waals surface area (Å²) in [7, 11) is 1.70. The predicted octanol–water partition coefficient (Wildman–Crippen LogP) is 3.62. The Balaban J connectivity index is 1.76. The zero-order valence-electron chi connectivity index (χ0n) is 13.5. The van der Waals surface area contributed by atoms with Gasteiger partial charge < -0.3 is 14.9 Å². The second-order valence-corrected chi connectivity index (χ2v) is 7.77. The van der Waals surface area contributed by atoms with Crippen LogP contribution in [0.5, 0.6) is 11.5 Å². The molecule has 22 heavy (non-hydrogen) atoms. The van der Waals surface area contributed by atoms with Gasteiger partial charge in [0.15, 0.2) is 0 Å². The molecule has 3 nitrogen and oxygen atoms in total. The van der Waals surface area contributed by atoms with Gasteiger partial charge in [-0.15, -0.1) is 0 Å². The van der Waals surface area contributed by atoms with Gasteiger partial charge in [0.2, 0.25) is 0 Å². The van der Waals surface area contributed by atoms with Crippen molar-refractivity contribution in [2.24, 2.45) is 17.3 Å². The van der Waals surface area contributed by atoms with E-state index in [-0.39, 0.29) is 11.5 Å². The summed E-state index contributed by atoms with van der Waals surface area (Å²) in [5.41, 5.74) is 2.71. The van der Waals surface area contributed by atoms with Gasteiger partial charge in [-0.2, -0.15) is 0 Å². The van der Waals surface area contributed by atoms with E-state index in [9.17, 15) is 10.2 Å². The van der Waals surface area contributed by atoms with Crippen molar-refractivity contribution >= 4 is 0 Å². The maximum atomic E-state index is 10.4. The average Bonchev–Trinajstić information content (AvgIpc) is 2.81. The molecule has 0 heterocycles. The summed E-state index contributed by atoms with van der Waals surface area (Å²) >= 11 is 0. The molecule has 0 saturated heterocycles. The first kappa shape index (κ1) is 14.4. The Morgan fingerprint density at radius 1 is 1.18 bits per heavy atom. The monoisotopic (exact) mass is 302 g/mol. The van der Waals surface area contributed by atoms with Crippen LogP contribution in [0.1, 0.15) is 56.1 Å². The molecular formula is C19H26O3. The van der Waals surface area contributed by atoms with E-state index >= 15 is 0 Å². The standard InChI is InChI=1S/C19H26O3/c1-19-8-7-14-13(15(19)5-6-17(19)21)4-3-11-9-12(20)10-16(22-2)18(11)14/h9-10,13-15,17,20-21H,3-8H2,1-2H3/t13-,14-,15-,17-,19-/m0/s1. The largest absolute Gasteiger partial charge is 0.508 e. The van der Waals surface area contributed by atoms with Crippen molar-refractivity contribution in [3.63, 3.8) is 0 Å². The van der Waals surface area contributed by atoms with Crippen molar-refractivity contribution in [2.75, 3.05) is 7.11 Å². The number of phenolic OH excluding ortho intramolecular Hbond substituents is 1. The number of aryl methyl sites for hydroxylation is 1. The smallest absolute Gasteiger partial charge is 0.126 e. The fourth-order valence-corrected chi connectivity index (χ4v) is 5.81. The van der Waals surface area contributed by atoms with Crippen molar-refractivity contribution in [3.8, 4) is 11.5 Å². The molecule has 4 rings (SSSR count). The molecule has 0 radical (unpaired) electrons. The summed E-state index contributed by atoms with van der Waals surface area (Å²) < 4.78 is 5.59. The first-order chi connectivity index (χ1) is 10.5. The second kappa shape index (κ2) is 4.89. The molecule has 3 heteroatoms. The maximum absolute atomic E-state index is 10.4. The predicted molar refractivity (Wildman–Crippen MR) is 85.3 cm³/mol. The molecule has 2 N–H and O–H groups in total. The Morgan fingerprint density at radius 2 is 2.00 bits per heavy atom. The zero-order chi connectivity index (χ0) is 15.5. The quantitative estimate of drug-likeness (QED) is 0.833. The lowest BCUT2D eigenvalue weighted by Crippen LogP contribution is -2.44. The lowest BCUT2D eigenvalue weighted by atomic mass is 9.55. The van der Waals surface area contributed by atoms with Crippen molar-refractivity contribution in [2.45, 2.75) is 57.5 Å². The maximum Gasteiger partial charge on any atom is 0.126 e. The first-order valence-corrected chi connectivity index (χ1v) is 8.62. The number of ether oxygens (including phenoxy) is 1. The van der Waals surface area contributed by atoms with Gasteiger partial charge in [-0.1, -0.05) is 6.92 Å². The molecule has 1 aromatic carbocycles. The number of phenols is 1. The topological polar surface area (TPSA) is 49.7 Å². The number of aliphatic hydroxyl groups is 1. The van der Waals surface area contributed by atoms with Crippen molar-refractivity contribution in [3.05, 3.63) is 23.3 Å². The second-order valence-electron chi connectivity index (χ2n) is 7.77. The highest BCUT2D eigenvalue weighted by atomic mass is 16.5. The Bertz CT molecular complexity index is 579. The van der Waals surface area contributed by atoms with Crippen molar-refractivity contribution in [1.82, 2.24) is 0 Å². The van der Waals surface area contributed by atoms with E-state index in [0.29, 0.717) is 23.5 Å². The molecular weight excluding hydrogens is 276 g/mol. The number of hydrogen-bond acceptors (Lipinski definition) is 3. The molecule has 0 aromatic heterocycles. The molecule has 0 spiro atoms. The van der Waals surface area contributed by atoms with Gasteiger partial charge in [-0.25, -0.2) is 0 Å². The van der Waals surface area contributed by atoms with Gasteiger partial charge in [0.1, 0.15) is 11.5 Å². The van der Waals surface area contributed by atoms with Crippen LogP contribution in [0.25, 0.3) is 0 Å². The molecule has 2 saturated carbocycles. The third-order valence-corrected chi connectivity index (χ3v) is 6.94. The third-order valence-electron chi connectivity index (χ3n) is 6.94. The summed E-state index contributed by atoms with van der Waals surface area (Å²) in [5.74, 6) is 2.98. The van der Waals surface area contributed by atoms with E-state index < -0.39 is 0 Å². The van der Waals surface area contributed by atoms with Crippen LogP contribution >= 0.6 is 0 Å². The molecule has 3 aliphatic rings. The number of methoxy groups -OCH3 is 1. The van der Waals surface area contributed by atoms with Crippen LogP contribution in [0, 0.1) is 17.3 Å². The van der Waals surface area contributed by atoms with E-state index in [1.54, 1.807) is 13.2 Å². The highest BCUT2D eigenvalue weighted by molar-refractivity contribution is 5.50. The highest BCUT2D eigenvalue weighted by Crippen LogP contribution is 2.61. The molecule has 2 fully saturated rings. The van der Waals surface area contributed by atoms with Crippen LogP contribution in [0.3, 0.4) is 0 Å². The minimum absolute atomic E-state index is 0.114. The Kier molecular flexibility index (Phi) is 3.19. The average molecular weight is 302 g/mol. The van der Waals surface area contributed by atoms with Gasteiger partial charge in [-0.05, 0) is 73.3 Å². The van der Waals surface area contributed by atoms with E-state index in [1.807, 2.05) is 6.07 Å². The fraction of sp³-hybridized carbons (Fsp3) is 0.684. The molecule has 3 aliphatic carbocycles. The van der Waals surface area contributed by atoms with Gasteiger partial charge >= 0.3 is 0 Å².